The molecule has 0 aliphatic heterocycles. The van der Waals surface area contributed by atoms with Crippen LogP contribution >= 0.6 is 0 Å². The van der Waals surface area contributed by atoms with E-state index in [1.165, 1.54) is 12.1 Å². The van der Waals surface area contributed by atoms with Gasteiger partial charge in [0.25, 0.3) is 5.69 Å². The van der Waals surface area contributed by atoms with Crippen LogP contribution in [0.4, 0.5) is 10.5 Å². The number of aromatic nitrogens is 1. The van der Waals surface area contributed by atoms with Gasteiger partial charge in [0, 0.05) is 30.3 Å². The SMILES string of the molecule is CC(C)(C)OC(=O)NCCc1c[nH]c2cc([N+](=O)[O-])ccc12. The minimum Gasteiger partial charge on any atom is -0.444 e. The molecule has 0 saturated heterocycles. The maximum Gasteiger partial charge on any atom is 0.407 e. The van der Waals surface area contributed by atoms with Crippen molar-refractivity contribution in [1.82, 2.24) is 10.3 Å². The van der Waals surface area contributed by atoms with Crippen LogP contribution in [-0.2, 0) is 11.2 Å². The number of aromatic amines is 1. The molecule has 2 rings (SSSR count). The van der Waals surface area contributed by atoms with E-state index in [0.29, 0.717) is 18.5 Å². The van der Waals surface area contributed by atoms with Crippen molar-refractivity contribution >= 4 is 22.7 Å². The van der Waals surface area contributed by atoms with Crippen molar-refractivity contribution in [2.24, 2.45) is 0 Å². The second kappa shape index (κ2) is 6.05. The van der Waals surface area contributed by atoms with Crippen molar-refractivity contribution in [3.05, 3.63) is 40.1 Å². The van der Waals surface area contributed by atoms with Gasteiger partial charge in [-0.1, -0.05) is 0 Å². The van der Waals surface area contributed by atoms with E-state index < -0.39 is 16.6 Å². The molecule has 7 heteroatoms. The number of hydrogen-bond donors (Lipinski definition) is 2. The Balaban J connectivity index is 1.98. The second-order valence-electron chi connectivity index (χ2n) is 5.98. The number of hydrogen-bond acceptors (Lipinski definition) is 4. The number of carbonyl (C=O) groups is 1. The zero-order valence-corrected chi connectivity index (χ0v) is 12.8. The van der Waals surface area contributed by atoms with E-state index in [2.05, 4.69) is 10.3 Å². The molecule has 0 saturated carbocycles. The van der Waals surface area contributed by atoms with Crippen molar-refractivity contribution in [2.75, 3.05) is 6.54 Å². The summed E-state index contributed by atoms with van der Waals surface area (Å²) in [7, 11) is 0. The molecule has 1 aromatic heterocycles. The number of carbonyl (C=O) groups excluding carboxylic acids is 1. The highest BCUT2D eigenvalue weighted by atomic mass is 16.6. The van der Waals surface area contributed by atoms with Crippen LogP contribution < -0.4 is 5.32 Å². The number of rotatable bonds is 4. The third-order valence-corrected chi connectivity index (χ3v) is 3.02. The Labute approximate surface area is 127 Å². The number of ether oxygens (including phenoxy) is 1. The molecule has 0 bridgehead atoms. The van der Waals surface area contributed by atoms with Crippen molar-refractivity contribution in [3.63, 3.8) is 0 Å². The number of nitrogens with zero attached hydrogens (tertiary/aromatic N) is 1. The molecule has 2 aromatic rings. The molecule has 0 spiro atoms. The Kier molecular flexibility index (Phi) is 4.35. The molecule has 22 heavy (non-hydrogen) atoms. The fraction of sp³-hybridized carbons (Fsp3) is 0.400. The summed E-state index contributed by atoms with van der Waals surface area (Å²) >= 11 is 0. The molecule has 1 amide bonds. The molecule has 1 aromatic carbocycles. The van der Waals surface area contributed by atoms with Gasteiger partial charge in [0.15, 0.2) is 0 Å². The predicted molar refractivity (Wildman–Crippen MR) is 82.9 cm³/mol. The highest BCUT2D eigenvalue weighted by Crippen LogP contribution is 2.23. The first-order chi connectivity index (χ1) is 10.3. The molecule has 0 aliphatic rings. The highest BCUT2D eigenvalue weighted by Gasteiger charge is 2.16. The van der Waals surface area contributed by atoms with Crippen LogP contribution in [0.15, 0.2) is 24.4 Å². The molecule has 0 unspecified atom stereocenters. The maximum absolute atomic E-state index is 11.6. The van der Waals surface area contributed by atoms with Crippen LogP contribution in [-0.4, -0.2) is 28.1 Å². The lowest BCUT2D eigenvalue weighted by atomic mass is 10.1. The quantitative estimate of drug-likeness (QED) is 0.669. The summed E-state index contributed by atoms with van der Waals surface area (Å²) in [5.41, 5.74) is 1.22. The highest BCUT2D eigenvalue weighted by molar-refractivity contribution is 5.85. The number of benzene rings is 1. The maximum atomic E-state index is 11.6. The smallest absolute Gasteiger partial charge is 0.407 e. The van der Waals surface area contributed by atoms with E-state index in [4.69, 9.17) is 4.74 Å². The molecule has 1 heterocycles. The minimum absolute atomic E-state index is 0.0489. The summed E-state index contributed by atoms with van der Waals surface area (Å²) in [5, 5.41) is 14.3. The average molecular weight is 305 g/mol. The lowest BCUT2D eigenvalue weighted by Gasteiger charge is -2.19. The van der Waals surface area contributed by atoms with Gasteiger partial charge in [0.1, 0.15) is 5.60 Å². The summed E-state index contributed by atoms with van der Waals surface area (Å²) in [6.45, 7) is 5.84. The summed E-state index contributed by atoms with van der Waals surface area (Å²) in [4.78, 5) is 24.9. The van der Waals surface area contributed by atoms with Crippen molar-refractivity contribution in [3.8, 4) is 0 Å². The Morgan fingerprint density at radius 3 is 2.77 bits per heavy atom. The number of nitro groups is 1. The van der Waals surface area contributed by atoms with Gasteiger partial charge < -0.3 is 15.0 Å². The second-order valence-corrected chi connectivity index (χ2v) is 5.98. The Morgan fingerprint density at radius 1 is 1.41 bits per heavy atom. The van der Waals surface area contributed by atoms with Crippen LogP contribution in [0.3, 0.4) is 0 Å². The number of alkyl carbamates (subject to hydrolysis) is 1. The lowest BCUT2D eigenvalue weighted by molar-refractivity contribution is -0.384. The van der Waals surface area contributed by atoms with Gasteiger partial charge in [0.05, 0.1) is 10.4 Å². The fourth-order valence-corrected chi connectivity index (χ4v) is 2.11. The predicted octanol–water partition coefficient (Wildman–Crippen LogP) is 3.14. The minimum atomic E-state index is -0.524. The summed E-state index contributed by atoms with van der Waals surface area (Å²) in [6, 6.07) is 4.69. The molecule has 0 atom stereocenters. The number of nitro benzene ring substituents is 1. The zero-order valence-electron chi connectivity index (χ0n) is 12.8. The Hall–Kier alpha value is -2.57. The number of non-ortho nitro benzene ring substituents is 1. The van der Waals surface area contributed by atoms with Gasteiger partial charge in [-0.15, -0.1) is 0 Å². The molecule has 7 nitrogen and oxygen atoms in total. The van der Waals surface area contributed by atoms with E-state index >= 15 is 0 Å². The molecule has 118 valence electrons. The number of nitrogens with one attached hydrogen (secondary N) is 2. The topological polar surface area (TPSA) is 97.3 Å². The molecule has 0 fully saturated rings. The first-order valence-corrected chi connectivity index (χ1v) is 6.97. The van der Waals surface area contributed by atoms with Crippen LogP contribution in [0, 0.1) is 10.1 Å². The van der Waals surface area contributed by atoms with E-state index in [-0.39, 0.29) is 5.69 Å². The van der Waals surface area contributed by atoms with Crippen LogP contribution in [0.5, 0.6) is 0 Å². The first-order valence-electron chi connectivity index (χ1n) is 6.97. The van der Waals surface area contributed by atoms with Gasteiger partial charge in [-0.05, 0) is 38.8 Å². The van der Waals surface area contributed by atoms with Crippen LogP contribution in [0.2, 0.25) is 0 Å². The van der Waals surface area contributed by atoms with Crippen molar-refractivity contribution in [1.29, 1.82) is 0 Å². The van der Waals surface area contributed by atoms with Crippen molar-refractivity contribution < 1.29 is 14.5 Å². The number of amides is 1. The molecular weight excluding hydrogens is 286 g/mol. The Morgan fingerprint density at radius 2 is 2.14 bits per heavy atom. The van der Waals surface area contributed by atoms with Gasteiger partial charge in [-0.25, -0.2) is 4.79 Å². The number of H-pyrrole nitrogens is 1. The molecule has 0 aliphatic carbocycles. The molecule has 2 N–H and O–H groups in total. The third kappa shape index (κ3) is 3.97. The summed E-state index contributed by atoms with van der Waals surface area (Å²) < 4.78 is 5.15. The van der Waals surface area contributed by atoms with E-state index in [1.807, 2.05) is 0 Å². The summed E-state index contributed by atoms with van der Waals surface area (Å²) in [5.74, 6) is 0. The monoisotopic (exact) mass is 305 g/mol. The van der Waals surface area contributed by atoms with Gasteiger partial charge in [-0.3, -0.25) is 10.1 Å². The van der Waals surface area contributed by atoms with E-state index in [9.17, 15) is 14.9 Å². The van der Waals surface area contributed by atoms with Gasteiger partial charge in [-0.2, -0.15) is 0 Å². The largest absolute Gasteiger partial charge is 0.444 e. The fourth-order valence-electron chi connectivity index (χ4n) is 2.11. The average Bonchev–Trinajstić information content (AvgIpc) is 2.79. The molecule has 0 radical (unpaired) electrons. The Bertz CT molecular complexity index is 700. The third-order valence-electron chi connectivity index (χ3n) is 3.02. The van der Waals surface area contributed by atoms with Crippen molar-refractivity contribution in [2.45, 2.75) is 32.8 Å². The normalized spacial score (nSPS) is 11.4. The summed E-state index contributed by atoms with van der Waals surface area (Å²) in [6.07, 6.45) is 1.95. The van der Waals surface area contributed by atoms with Crippen LogP contribution in [0.1, 0.15) is 26.3 Å². The first kappa shape index (κ1) is 15.8. The lowest BCUT2D eigenvalue weighted by Crippen LogP contribution is -2.33. The van der Waals surface area contributed by atoms with E-state index in [1.54, 1.807) is 33.0 Å². The van der Waals surface area contributed by atoms with E-state index in [0.717, 1.165) is 10.9 Å². The number of fused-ring (bicyclic) bond motifs is 1. The standard InChI is InChI=1S/C15H19N3O4/c1-15(2,3)22-14(19)16-7-6-10-9-17-13-8-11(18(20)21)4-5-12(10)13/h4-5,8-9,17H,6-7H2,1-3H3,(H,16,19). The van der Waals surface area contributed by atoms with Gasteiger partial charge >= 0.3 is 6.09 Å². The van der Waals surface area contributed by atoms with Gasteiger partial charge in [0.2, 0.25) is 0 Å². The van der Waals surface area contributed by atoms with Crippen LogP contribution in [0.25, 0.3) is 10.9 Å². The molecular formula is C15H19N3O4. The zero-order chi connectivity index (χ0) is 16.3.